The van der Waals surface area contributed by atoms with Crippen molar-refractivity contribution in [1.29, 1.82) is 0 Å². The fraction of sp³-hybridized carbons (Fsp3) is 0.192. The summed E-state index contributed by atoms with van der Waals surface area (Å²) >= 11 is 0. The zero-order chi connectivity index (χ0) is 24.6. The van der Waals surface area contributed by atoms with E-state index in [0.29, 0.717) is 47.2 Å². The van der Waals surface area contributed by atoms with E-state index >= 15 is 0 Å². The van der Waals surface area contributed by atoms with Gasteiger partial charge in [-0.25, -0.2) is 0 Å². The van der Waals surface area contributed by atoms with Gasteiger partial charge in [0.25, 0.3) is 0 Å². The summed E-state index contributed by atoms with van der Waals surface area (Å²) in [6.07, 6.45) is 1.17. The Balaban J connectivity index is 1.38. The van der Waals surface area contributed by atoms with Gasteiger partial charge < -0.3 is 19.2 Å². The van der Waals surface area contributed by atoms with Crippen molar-refractivity contribution in [2.24, 2.45) is 0 Å². The standard InChI is InChI=1S/C26H23F2N3O4/c1-33-20-13-10-17(11-14-20)21-16-19(12-15-22(21)34-26(27)28)29-23(32)8-5-9-24-30-31-25(35-24)18-6-3-2-4-7-18/h2-4,6-7,10-16,26H,5,8-9H2,1H3,(H,29,32). The summed E-state index contributed by atoms with van der Waals surface area (Å²) in [5.41, 5.74) is 2.36. The van der Waals surface area contributed by atoms with Crippen LogP contribution in [0, 0.1) is 0 Å². The minimum atomic E-state index is -2.97. The number of hydrogen-bond acceptors (Lipinski definition) is 6. The summed E-state index contributed by atoms with van der Waals surface area (Å²) in [6, 6.07) is 20.8. The van der Waals surface area contributed by atoms with Crippen LogP contribution in [0.25, 0.3) is 22.6 Å². The van der Waals surface area contributed by atoms with Crippen LogP contribution in [-0.4, -0.2) is 29.8 Å². The van der Waals surface area contributed by atoms with E-state index in [1.807, 2.05) is 30.3 Å². The Kier molecular flexibility index (Phi) is 7.67. The van der Waals surface area contributed by atoms with Gasteiger partial charge >= 0.3 is 6.61 Å². The third-order valence-corrected chi connectivity index (χ3v) is 5.16. The maximum atomic E-state index is 12.9. The molecule has 0 aliphatic rings. The minimum Gasteiger partial charge on any atom is -0.497 e. The molecule has 180 valence electrons. The molecule has 0 saturated heterocycles. The fourth-order valence-corrected chi connectivity index (χ4v) is 3.48. The van der Waals surface area contributed by atoms with Crippen LogP contribution >= 0.6 is 0 Å². The Bertz CT molecular complexity index is 1260. The summed E-state index contributed by atoms with van der Waals surface area (Å²) in [5.74, 6) is 1.30. The first-order valence-electron chi connectivity index (χ1n) is 10.9. The van der Waals surface area contributed by atoms with Gasteiger partial charge in [-0.2, -0.15) is 8.78 Å². The predicted molar refractivity (Wildman–Crippen MR) is 126 cm³/mol. The molecule has 4 aromatic rings. The topological polar surface area (TPSA) is 86.5 Å². The third kappa shape index (κ3) is 6.41. The first kappa shape index (κ1) is 23.9. The number of alkyl halides is 2. The molecule has 0 radical (unpaired) electrons. The first-order valence-corrected chi connectivity index (χ1v) is 10.9. The second-order valence-corrected chi connectivity index (χ2v) is 7.59. The number of anilines is 1. The quantitative estimate of drug-likeness (QED) is 0.301. The highest BCUT2D eigenvalue weighted by Crippen LogP contribution is 2.34. The molecular weight excluding hydrogens is 456 g/mol. The van der Waals surface area contributed by atoms with Crippen molar-refractivity contribution in [3.05, 3.63) is 78.7 Å². The summed E-state index contributed by atoms with van der Waals surface area (Å²) < 4.78 is 41.3. The van der Waals surface area contributed by atoms with E-state index in [1.54, 1.807) is 30.3 Å². The number of rotatable bonds is 10. The van der Waals surface area contributed by atoms with Gasteiger partial charge in [-0.3, -0.25) is 4.79 Å². The number of benzene rings is 3. The molecule has 0 fully saturated rings. The number of nitrogens with zero attached hydrogens (tertiary/aromatic N) is 2. The predicted octanol–water partition coefficient (Wildman–Crippen LogP) is 5.98. The van der Waals surface area contributed by atoms with Crippen LogP contribution in [0.15, 0.2) is 77.2 Å². The van der Waals surface area contributed by atoms with Crippen molar-refractivity contribution in [3.8, 4) is 34.1 Å². The Morgan fingerprint density at radius 2 is 1.77 bits per heavy atom. The molecule has 1 heterocycles. The van der Waals surface area contributed by atoms with Gasteiger partial charge in [0.2, 0.25) is 17.7 Å². The molecule has 0 unspecified atom stereocenters. The van der Waals surface area contributed by atoms with E-state index in [-0.39, 0.29) is 18.1 Å². The number of nitrogens with one attached hydrogen (secondary N) is 1. The summed E-state index contributed by atoms with van der Waals surface area (Å²) in [6.45, 7) is -2.97. The zero-order valence-electron chi connectivity index (χ0n) is 18.9. The third-order valence-electron chi connectivity index (χ3n) is 5.16. The van der Waals surface area contributed by atoms with Gasteiger partial charge in [0.05, 0.1) is 7.11 Å². The lowest BCUT2D eigenvalue weighted by molar-refractivity contribution is -0.116. The Labute approximate surface area is 200 Å². The normalized spacial score (nSPS) is 10.9. The van der Waals surface area contributed by atoms with Crippen LogP contribution in [0.1, 0.15) is 18.7 Å². The number of aromatic nitrogens is 2. The van der Waals surface area contributed by atoms with E-state index in [4.69, 9.17) is 9.15 Å². The highest BCUT2D eigenvalue weighted by Gasteiger charge is 2.14. The van der Waals surface area contributed by atoms with Gasteiger partial charge in [0.1, 0.15) is 11.5 Å². The molecule has 0 spiro atoms. The molecule has 0 bridgehead atoms. The molecule has 9 heteroatoms. The fourth-order valence-electron chi connectivity index (χ4n) is 3.48. The minimum absolute atomic E-state index is 0.00813. The first-order chi connectivity index (χ1) is 17.0. The van der Waals surface area contributed by atoms with Gasteiger partial charge in [-0.05, 0) is 54.4 Å². The van der Waals surface area contributed by atoms with Gasteiger partial charge in [0, 0.05) is 29.7 Å². The number of methoxy groups -OCH3 is 1. The molecular formula is C26H23F2N3O4. The Hall–Kier alpha value is -4.27. The molecule has 0 saturated carbocycles. The average molecular weight is 479 g/mol. The molecule has 1 aromatic heterocycles. The molecule has 0 aliphatic carbocycles. The molecule has 3 aromatic carbocycles. The smallest absolute Gasteiger partial charge is 0.387 e. The zero-order valence-corrected chi connectivity index (χ0v) is 18.9. The maximum Gasteiger partial charge on any atom is 0.387 e. The van der Waals surface area contributed by atoms with Gasteiger partial charge in [-0.1, -0.05) is 30.3 Å². The number of ether oxygens (including phenoxy) is 2. The van der Waals surface area contributed by atoms with Crippen LogP contribution in [-0.2, 0) is 11.2 Å². The van der Waals surface area contributed by atoms with E-state index < -0.39 is 6.61 Å². The van der Waals surface area contributed by atoms with Crippen molar-refractivity contribution in [1.82, 2.24) is 10.2 Å². The molecule has 0 atom stereocenters. The number of halogens is 2. The van der Waals surface area contributed by atoms with Crippen LogP contribution in [0.5, 0.6) is 11.5 Å². The molecule has 35 heavy (non-hydrogen) atoms. The van der Waals surface area contributed by atoms with Crippen molar-refractivity contribution in [2.45, 2.75) is 25.9 Å². The number of amides is 1. The van der Waals surface area contributed by atoms with Gasteiger partial charge in [-0.15, -0.1) is 10.2 Å². The molecule has 1 N–H and O–H groups in total. The summed E-state index contributed by atoms with van der Waals surface area (Å²) in [4.78, 5) is 12.5. The monoisotopic (exact) mass is 479 g/mol. The molecule has 1 amide bonds. The SMILES string of the molecule is COc1ccc(-c2cc(NC(=O)CCCc3nnc(-c4ccccc4)o3)ccc2OC(F)F)cc1. The Morgan fingerprint density at radius 3 is 2.49 bits per heavy atom. The highest BCUT2D eigenvalue weighted by atomic mass is 19.3. The Morgan fingerprint density at radius 1 is 1.00 bits per heavy atom. The molecule has 4 rings (SSSR count). The molecule has 7 nitrogen and oxygen atoms in total. The van der Waals surface area contributed by atoms with Crippen molar-refractivity contribution < 1.29 is 27.5 Å². The van der Waals surface area contributed by atoms with Crippen LogP contribution in [0.2, 0.25) is 0 Å². The van der Waals surface area contributed by atoms with Crippen LogP contribution in [0.4, 0.5) is 14.5 Å². The molecule has 0 aliphatic heterocycles. The lowest BCUT2D eigenvalue weighted by Gasteiger charge is -2.14. The number of carbonyl (C=O) groups is 1. The van der Waals surface area contributed by atoms with E-state index in [1.165, 1.54) is 19.2 Å². The van der Waals surface area contributed by atoms with E-state index in [0.717, 1.165) is 5.56 Å². The number of hydrogen-bond donors (Lipinski definition) is 1. The van der Waals surface area contributed by atoms with Crippen LogP contribution in [0.3, 0.4) is 0 Å². The summed E-state index contributed by atoms with van der Waals surface area (Å²) in [5, 5.41) is 10.9. The maximum absolute atomic E-state index is 12.9. The van der Waals surface area contributed by atoms with Gasteiger partial charge in [0.15, 0.2) is 0 Å². The van der Waals surface area contributed by atoms with E-state index in [9.17, 15) is 13.6 Å². The number of carbonyl (C=O) groups excluding carboxylic acids is 1. The lowest BCUT2D eigenvalue weighted by Crippen LogP contribution is -2.12. The van der Waals surface area contributed by atoms with Crippen LogP contribution < -0.4 is 14.8 Å². The van der Waals surface area contributed by atoms with Crippen molar-refractivity contribution in [2.75, 3.05) is 12.4 Å². The van der Waals surface area contributed by atoms with Crippen molar-refractivity contribution >= 4 is 11.6 Å². The van der Waals surface area contributed by atoms with E-state index in [2.05, 4.69) is 20.3 Å². The summed E-state index contributed by atoms with van der Waals surface area (Å²) in [7, 11) is 1.54. The second kappa shape index (κ2) is 11.2. The largest absolute Gasteiger partial charge is 0.497 e. The average Bonchev–Trinajstić information content (AvgIpc) is 3.34. The van der Waals surface area contributed by atoms with Crippen molar-refractivity contribution in [3.63, 3.8) is 0 Å². The second-order valence-electron chi connectivity index (χ2n) is 7.59. The lowest BCUT2D eigenvalue weighted by atomic mass is 10.0. The number of aryl methyl sites for hydroxylation is 1. The highest BCUT2D eigenvalue weighted by molar-refractivity contribution is 5.92.